The van der Waals surface area contributed by atoms with Gasteiger partial charge in [0.15, 0.2) is 5.76 Å². The lowest BCUT2D eigenvalue weighted by Gasteiger charge is -2.40. The maximum Gasteiger partial charge on any atom is 0.232 e. The van der Waals surface area contributed by atoms with Crippen LogP contribution in [-0.2, 0) is 15.3 Å². The van der Waals surface area contributed by atoms with Gasteiger partial charge in [0.2, 0.25) is 5.88 Å². The number of aromatic nitrogens is 3. The van der Waals surface area contributed by atoms with Gasteiger partial charge in [0.1, 0.15) is 33.3 Å². The van der Waals surface area contributed by atoms with Gasteiger partial charge >= 0.3 is 0 Å². The van der Waals surface area contributed by atoms with Crippen molar-refractivity contribution >= 4 is 15.6 Å². The number of nitrogens with two attached hydrogens (primary N) is 1. The van der Waals surface area contributed by atoms with E-state index in [1.807, 2.05) is 6.92 Å². The van der Waals surface area contributed by atoms with Crippen LogP contribution >= 0.6 is 0 Å². The Morgan fingerprint density at radius 2 is 1.97 bits per heavy atom. The predicted molar refractivity (Wildman–Crippen MR) is 133 cm³/mol. The summed E-state index contributed by atoms with van der Waals surface area (Å²) in [6, 6.07) is 6.25. The number of hydrogen-bond donors (Lipinski definition) is 1. The summed E-state index contributed by atoms with van der Waals surface area (Å²) in [5.74, 6) is 0.557. The lowest BCUT2D eigenvalue weighted by molar-refractivity contribution is 0.395. The third-order valence-electron chi connectivity index (χ3n) is 6.22. The van der Waals surface area contributed by atoms with E-state index in [9.17, 15) is 4.21 Å². The van der Waals surface area contributed by atoms with Crippen LogP contribution in [0.2, 0.25) is 0 Å². The Labute approximate surface area is 204 Å². The average molecular weight is 501 g/mol. The van der Waals surface area contributed by atoms with Gasteiger partial charge in [0.05, 0.1) is 35.0 Å². The van der Waals surface area contributed by atoms with Crippen molar-refractivity contribution in [3.8, 4) is 28.6 Å². The van der Waals surface area contributed by atoms with Crippen molar-refractivity contribution in [2.24, 2.45) is 15.1 Å². The van der Waals surface area contributed by atoms with E-state index in [0.29, 0.717) is 35.1 Å². The molecular weight excluding hydrogens is 471 g/mol. The van der Waals surface area contributed by atoms with Crippen LogP contribution in [0.25, 0.3) is 22.7 Å². The Morgan fingerprint density at radius 3 is 2.63 bits per heavy atom. The molecule has 4 rings (SSSR count). The van der Waals surface area contributed by atoms with Gasteiger partial charge in [-0.1, -0.05) is 12.1 Å². The van der Waals surface area contributed by atoms with Gasteiger partial charge in [-0.15, -0.1) is 0 Å². The summed E-state index contributed by atoms with van der Waals surface area (Å²) in [5.41, 5.74) is 6.94. The Balaban J connectivity index is 1.75. The van der Waals surface area contributed by atoms with E-state index in [-0.39, 0.29) is 17.2 Å². The second kappa shape index (κ2) is 9.03. The number of methoxy groups -OCH3 is 1. The fourth-order valence-electron chi connectivity index (χ4n) is 3.92. The number of rotatable bonds is 6. The van der Waals surface area contributed by atoms with Crippen LogP contribution in [0.3, 0.4) is 0 Å². The molecule has 1 unspecified atom stereocenters. The van der Waals surface area contributed by atoms with Gasteiger partial charge in [-0.25, -0.2) is 22.9 Å². The van der Waals surface area contributed by atoms with Crippen molar-refractivity contribution in [2.75, 3.05) is 19.4 Å². The zero-order valence-electron chi connectivity index (χ0n) is 20.4. The molecule has 3 aromatic rings. The van der Waals surface area contributed by atoms with Crippen LogP contribution < -0.4 is 10.5 Å². The van der Waals surface area contributed by atoms with Crippen LogP contribution in [0.15, 0.2) is 50.5 Å². The lowest BCUT2D eigenvalue weighted by atomic mass is 9.91. The number of ether oxygens (including phenoxy) is 1. The molecule has 0 fully saturated rings. The van der Waals surface area contributed by atoms with Crippen LogP contribution in [0.5, 0.6) is 5.88 Å². The van der Waals surface area contributed by atoms with Crippen molar-refractivity contribution in [2.45, 2.75) is 44.4 Å². The highest BCUT2D eigenvalue weighted by Crippen LogP contribution is 2.40. The minimum absolute atomic E-state index is 0.0527. The highest BCUT2D eigenvalue weighted by Gasteiger charge is 2.48. The number of benzene rings is 1. The third-order valence-corrected chi connectivity index (χ3v) is 9.58. The van der Waals surface area contributed by atoms with E-state index < -0.39 is 25.8 Å². The first kappa shape index (κ1) is 24.8. The van der Waals surface area contributed by atoms with Gasteiger partial charge < -0.3 is 15.0 Å². The summed E-state index contributed by atoms with van der Waals surface area (Å²) >= 11 is 0. The Hall–Kier alpha value is -3.34. The molecule has 1 aliphatic rings. The molecule has 2 N–H and O–H groups in total. The molecule has 3 heterocycles. The fraction of sp³-hybridized carbons (Fsp3) is 0.417. The van der Waals surface area contributed by atoms with E-state index in [0.717, 1.165) is 6.42 Å². The zero-order chi connectivity index (χ0) is 25.4. The monoisotopic (exact) mass is 500 g/mol. The minimum Gasteiger partial charge on any atom is -0.480 e. The van der Waals surface area contributed by atoms with Crippen molar-refractivity contribution in [1.82, 2.24) is 15.1 Å². The number of aliphatic imine (C=N–C) groups is 1. The maximum absolute atomic E-state index is 15.2. The number of halogens is 1. The standard InChI is InChI=1S/C24H29FN6O3S/c1-6-9-29-35(32)14-24(4,30-22(26)23(35,2)3)16-10-15(7-8-17(16)25)20-11-18(31-34-20)19-12-28-21(33-5)13-27-19/h7-8,10-13H,6,9,14H2,1-5H3,(H2,26,30)/t24-,35?/m0/s1. The van der Waals surface area contributed by atoms with Crippen LogP contribution in [-0.4, -0.2) is 49.3 Å². The largest absolute Gasteiger partial charge is 0.480 e. The topological polar surface area (TPSA) is 129 Å². The molecule has 2 atom stereocenters. The molecule has 35 heavy (non-hydrogen) atoms. The minimum atomic E-state index is -2.83. The first-order valence-electron chi connectivity index (χ1n) is 11.2. The molecular formula is C24H29FN6O3S. The van der Waals surface area contributed by atoms with E-state index in [2.05, 4.69) is 24.5 Å². The molecule has 186 valence electrons. The number of hydrogen-bond acceptors (Lipinski definition) is 9. The fourth-order valence-corrected chi connectivity index (χ4v) is 6.53. The van der Waals surface area contributed by atoms with Gasteiger partial charge in [0, 0.05) is 23.7 Å². The summed E-state index contributed by atoms with van der Waals surface area (Å²) < 4.78 is 43.3. The summed E-state index contributed by atoms with van der Waals surface area (Å²) in [5, 5.41) is 4.07. The van der Waals surface area contributed by atoms with Gasteiger partial charge in [0.25, 0.3) is 0 Å². The average Bonchev–Trinajstić information content (AvgIpc) is 3.32. The molecule has 0 radical (unpaired) electrons. The summed E-state index contributed by atoms with van der Waals surface area (Å²) in [4.78, 5) is 13.0. The van der Waals surface area contributed by atoms with Crippen LogP contribution in [0.4, 0.5) is 4.39 Å². The predicted octanol–water partition coefficient (Wildman–Crippen LogP) is 4.19. The number of amidine groups is 1. The number of nitrogens with zero attached hydrogens (tertiary/aromatic N) is 5. The van der Waals surface area contributed by atoms with Crippen LogP contribution in [0, 0.1) is 5.82 Å². The second-order valence-electron chi connectivity index (χ2n) is 9.13. The summed E-state index contributed by atoms with van der Waals surface area (Å²) in [7, 11) is -1.32. The summed E-state index contributed by atoms with van der Waals surface area (Å²) in [6.45, 7) is 7.68. The quantitative estimate of drug-likeness (QED) is 0.537. The molecule has 0 bridgehead atoms. The van der Waals surface area contributed by atoms with Crippen molar-refractivity contribution in [1.29, 1.82) is 0 Å². The maximum atomic E-state index is 15.2. The van der Waals surface area contributed by atoms with Crippen LogP contribution in [0.1, 0.15) is 39.7 Å². The molecule has 2 aromatic heterocycles. The first-order chi connectivity index (χ1) is 16.5. The van der Waals surface area contributed by atoms with Gasteiger partial charge in [-0.3, -0.25) is 4.99 Å². The smallest absolute Gasteiger partial charge is 0.232 e. The highest BCUT2D eigenvalue weighted by molar-refractivity contribution is 7.95. The third kappa shape index (κ3) is 4.40. The van der Waals surface area contributed by atoms with Gasteiger partial charge in [-0.05, 0) is 45.4 Å². The van der Waals surface area contributed by atoms with E-state index >= 15 is 4.39 Å². The van der Waals surface area contributed by atoms with E-state index in [1.165, 1.54) is 25.6 Å². The normalized spacial score (nSPS) is 23.5. The molecule has 11 heteroatoms. The Bertz CT molecular complexity index is 1390. The molecule has 0 amide bonds. The summed E-state index contributed by atoms with van der Waals surface area (Å²) in [6.07, 6.45) is 3.75. The molecule has 0 aliphatic carbocycles. The lowest BCUT2D eigenvalue weighted by Crippen LogP contribution is -2.55. The van der Waals surface area contributed by atoms with Crippen molar-refractivity contribution in [3.63, 3.8) is 0 Å². The van der Waals surface area contributed by atoms with Crippen molar-refractivity contribution < 1.29 is 17.9 Å². The Kier molecular flexibility index (Phi) is 6.39. The molecule has 9 nitrogen and oxygen atoms in total. The van der Waals surface area contributed by atoms with E-state index in [1.54, 1.807) is 39.0 Å². The molecule has 0 saturated heterocycles. The molecule has 0 saturated carbocycles. The molecule has 1 aliphatic heterocycles. The van der Waals surface area contributed by atoms with E-state index in [4.69, 9.17) is 15.0 Å². The Morgan fingerprint density at radius 1 is 1.20 bits per heavy atom. The zero-order valence-corrected chi connectivity index (χ0v) is 21.2. The highest BCUT2D eigenvalue weighted by atomic mass is 32.2. The molecule has 0 spiro atoms. The van der Waals surface area contributed by atoms with Gasteiger partial charge in [-0.2, -0.15) is 0 Å². The van der Waals surface area contributed by atoms with Crippen molar-refractivity contribution in [3.05, 3.63) is 48.0 Å². The second-order valence-corrected chi connectivity index (χ2v) is 12.0. The SMILES string of the molecule is CCCN=S1(=O)C[C@@](C)(c2cc(-c3cc(-c4cnc(OC)cn4)no3)ccc2F)N=C(N)C1(C)C. The molecule has 1 aromatic carbocycles. The first-order valence-corrected chi connectivity index (χ1v) is 12.9.